The summed E-state index contributed by atoms with van der Waals surface area (Å²) >= 11 is 0.981. The summed E-state index contributed by atoms with van der Waals surface area (Å²) in [5, 5.41) is 3.14. The minimum atomic E-state index is -0.773. The van der Waals surface area contributed by atoms with Gasteiger partial charge in [-0.15, -0.1) is 0 Å². The average molecular weight is 686 g/mol. The number of methoxy groups -OCH3 is 1. The van der Waals surface area contributed by atoms with Crippen molar-refractivity contribution in [3.63, 3.8) is 0 Å². The van der Waals surface area contributed by atoms with E-state index >= 15 is 0 Å². The van der Waals surface area contributed by atoms with Crippen molar-refractivity contribution in [1.29, 1.82) is 0 Å². The van der Waals surface area contributed by atoms with Gasteiger partial charge in [0.15, 0.2) is 5.17 Å². The third-order valence-electron chi connectivity index (χ3n) is 7.83. The molecule has 2 heterocycles. The summed E-state index contributed by atoms with van der Waals surface area (Å²) in [7, 11) is 1.31. The Morgan fingerprint density at radius 2 is 1.66 bits per heavy atom. The second-order valence-corrected chi connectivity index (χ2v) is 11.9. The Bertz CT molecular complexity index is 2000. The predicted octanol–water partition coefficient (Wildman–Crippen LogP) is 7.43. The first-order chi connectivity index (χ1) is 24.2. The number of amides is 3. The van der Waals surface area contributed by atoms with Gasteiger partial charge in [0.2, 0.25) is 5.91 Å². The quantitative estimate of drug-likeness (QED) is 0.0755. The van der Waals surface area contributed by atoms with Crippen molar-refractivity contribution in [1.82, 2.24) is 10.2 Å². The zero-order valence-corrected chi connectivity index (χ0v) is 28.6. The van der Waals surface area contributed by atoms with E-state index in [1.807, 2.05) is 60.7 Å². The number of aliphatic imine (C=N–C) groups is 1. The number of esters is 1. The lowest BCUT2D eigenvalue weighted by molar-refractivity contribution is -0.126. The first-order valence-electron chi connectivity index (χ1n) is 15.7. The van der Waals surface area contributed by atoms with Crippen LogP contribution in [0.4, 0.5) is 0 Å². The van der Waals surface area contributed by atoms with Crippen molar-refractivity contribution in [3.8, 4) is 11.3 Å². The van der Waals surface area contributed by atoms with Crippen LogP contribution in [-0.2, 0) is 19.1 Å². The number of nitrogens with zero attached hydrogens (tertiary/aromatic N) is 2. The molecule has 1 aliphatic rings. The number of rotatable bonds is 11. The summed E-state index contributed by atoms with van der Waals surface area (Å²) in [6.07, 6.45) is 7.92. The van der Waals surface area contributed by atoms with Gasteiger partial charge < -0.3 is 14.5 Å². The normalized spacial score (nSPS) is 14.3. The summed E-state index contributed by atoms with van der Waals surface area (Å²) in [6, 6.07) is 27.3. The van der Waals surface area contributed by atoms with Crippen molar-refractivity contribution in [2.45, 2.75) is 19.9 Å². The lowest BCUT2D eigenvalue weighted by Crippen LogP contribution is -2.42. The molecular formula is C40H35N3O6S. The molecule has 0 fully saturated rings. The van der Waals surface area contributed by atoms with Gasteiger partial charge in [0.05, 0.1) is 24.5 Å². The molecule has 0 saturated carbocycles. The topological polar surface area (TPSA) is 118 Å². The standard InChI is InChI=1S/C40H35N3O6S/c1-5-7-19-29(6-2)43-38(46)33(24-30-22-23-34(49-30)31-20-14-21-32(26(31)3)39(47)48-4)37(45)42-40(43)50-25-35(44)41-36(27-15-10-8-11-16-27)28-17-12-9-13-18-28/h5-24,36H,1,25H2,2-4H3,(H,41,44)/b19-7-,29-6+,33-24+. The molecule has 0 atom stereocenters. The fourth-order valence-electron chi connectivity index (χ4n) is 5.34. The van der Waals surface area contributed by atoms with Crippen molar-refractivity contribution in [2.24, 2.45) is 4.99 Å². The first-order valence-corrected chi connectivity index (χ1v) is 16.7. The van der Waals surface area contributed by atoms with Crippen LogP contribution in [0.25, 0.3) is 17.4 Å². The second-order valence-electron chi connectivity index (χ2n) is 11.0. The molecule has 9 nitrogen and oxygen atoms in total. The van der Waals surface area contributed by atoms with Gasteiger partial charge in [-0.05, 0) is 60.9 Å². The number of thioether (sulfide) groups is 1. The Hall–Kier alpha value is -6.00. The van der Waals surface area contributed by atoms with E-state index in [-0.39, 0.29) is 28.2 Å². The average Bonchev–Trinajstić information content (AvgIpc) is 3.61. The molecule has 0 spiro atoms. The number of furan rings is 1. The van der Waals surface area contributed by atoms with Gasteiger partial charge in [0.1, 0.15) is 17.1 Å². The summed E-state index contributed by atoms with van der Waals surface area (Å²) in [5.41, 5.74) is 3.73. The second kappa shape index (κ2) is 16.4. The zero-order chi connectivity index (χ0) is 35.6. The largest absolute Gasteiger partial charge is 0.465 e. The van der Waals surface area contributed by atoms with Crippen molar-refractivity contribution < 1.29 is 28.3 Å². The number of amidine groups is 1. The highest BCUT2D eigenvalue weighted by Gasteiger charge is 2.35. The van der Waals surface area contributed by atoms with Crippen molar-refractivity contribution in [3.05, 3.63) is 161 Å². The molecule has 3 aromatic carbocycles. The minimum absolute atomic E-state index is 0.0560. The van der Waals surface area contributed by atoms with Crippen LogP contribution in [0, 0.1) is 6.92 Å². The van der Waals surface area contributed by atoms with Crippen LogP contribution >= 0.6 is 11.8 Å². The Morgan fingerprint density at radius 1 is 0.980 bits per heavy atom. The van der Waals surface area contributed by atoms with Gasteiger partial charge in [0, 0.05) is 11.3 Å². The Morgan fingerprint density at radius 3 is 2.28 bits per heavy atom. The van der Waals surface area contributed by atoms with Gasteiger partial charge in [-0.2, -0.15) is 4.99 Å². The van der Waals surface area contributed by atoms with Crippen LogP contribution in [0.5, 0.6) is 0 Å². The summed E-state index contributed by atoms with van der Waals surface area (Å²) in [4.78, 5) is 58.6. The summed E-state index contributed by atoms with van der Waals surface area (Å²) in [6.45, 7) is 7.24. The first kappa shape index (κ1) is 35.3. The minimum Gasteiger partial charge on any atom is -0.465 e. The monoisotopic (exact) mass is 685 g/mol. The van der Waals surface area contributed by atoms with Crippen LogP contribution < -0.4 is 5.32 Å². The number of carbonyl (C=O) groups is 4. The lowest BCUT2D eigenvalue weighted by atomic mass is 9.99. The molecule has 252 valence electrons. The third-order valence-corrected chi connectivity index (χ3v) is 8.77. The number of carbonyl (C=O) groups excluding carboxylic acids is 4. The molecule has 5 rings (SSSR count). The van der Waals surface area contributed by atoms with Gasteiger partial charge in [-0.1, -0.05) is 109 Å². The maximum atomic E-state index is 14.0. The van der Waals surface area contributed by atoms with Crippen LogP contribution in [0.3, 0.4) is 0 Å². The smallest absolute Gasteiger partial charge is 0.338 e. The molecule has 1 aromatic heterocycles. The Kier molecular flexibility index (Phi) is 11.6. The fourth-order valence-corrected chi connectivity index (χ4v) is 6.15. The SMILES string of the molecule is C=C/C=C\C(=C/C)N1C(=O)/C(=C/c2ccc(-c3cccc(C(=O)OC)c3C)o2)C(=O)N=C1SCC(=O)NC(c1ccccc1)c1ccccc1. The van der Waals surface area contributed by atoms with Gasteiger partial charge in [-0.25, -0.2) is 4.79 Å². The van der Waals surface area contributed by atoms with Crippen LogP contribution in [-0.4, -0.2) is 46.6 Å². The molecule has 0 radical (unpaired) electrons. The molecule has 1 N–H and O–H groups in total. The predicted molar refractivity (Wildman–Crippen MR) is 196 cm³/mol. The lowest BCUT2D eigenvalue weighted by Gasteiger charge is -2.28. The fraction of sp³-hybridized carbons (Fsp3) is 0.125. The van der Waals surface area contributed by atoms with Gasteiger partial charge in [-0.3, -0.25) is 19.3 Å². The molecule has 0 aliphatic carbocycles. The molecule has 10 heteroatoms. The summed E-state index contributed by atoms with van der Waals surface area (Å²) in [5.74, 6) is -1.63. The van der Waals surface area contributed by atoms with E-state index in [9.17, 15) is 19.2 Å². The summed E-state index contributed by atoms with van der Waals surface area (Å²) < 4.78 is 10.9. The third kappa shape index (κ3) is 7.99. The molecule has 0 bridgehead atoms. The molecular weight excluding hydrogens is 651 g/mol. The maximum Gasteiger partial charge on any atom is 0.338 e. The van der Waals surface area contributed by atoms with Crippen molar-refractivity contribution in [2.75, 3.05) is 12.9 Å². The maximum absolute atomic E-state index is 14.0. The van der Waals surface area contributed by atoms with E-state index in [0.29, 0.717) is 28.1 Å². The van der Waals surface area contributed by atoms with Crippen LogP contribution in [0.1, 0.15) is 45.8 Å². The highest BCUT2D eigenvalue weighted by Crippen LogP contribution is 2.31. The van der Waals surface area contributed by atoms with E-state index < -0.39 is 23.8 Å². The number of hydrogen-bond donors (Lipinski definition) is 1. The highest BCUT2D eigenvalue weighted by atomic mass is 32.2. The number of allylic oxidation sites excluding steroid dienone is 4. The number of nitrogens with one attached hydrogen (secondary N) is 1. The van der Waals surface area contributed by atoms with E-state index in [2.05, 4.69) is 16.9 Å². The molecule has 50 heavy (non-hydrogen) atoms. The van der Waals surface area contributed by atoms with E-state index in [1.54, 1.807) is 68.5 Å². The number of hydrogen-bond acceptors (Lipinski definition) is 7. The van der Waals surface area contributed by atoms with E-state index in [0.717, 1.165) is 22.9 Å². The number of ether oxygens (including phenoxy) is 1. The van der Waals surface area contributed by atoms with Gasteiger partial charge >= 0.3 is 5.97 Å². The molecule has 4 aromatic rings. The van der Waals surface area contributed by atoms with Crippen LogP contribution in [0.2, 0.25) is 0 Å². The van der Waals surface area contributed by atoms with E-state index in [4.69, 9.17) is 9.15 Å². The highest BCUT2D eigenvalue weighted by molar-refractivity contribution is 8.14. The molecule has 0 unspecified atom stereocenters. The number of benzene rings is 3. The van der Waals surface area contributed by atoms with Crippen molar-refractivity contribution >= 4 is 46.7 Å². The molecule has 0 saturated heterocycles. The molecule has 1 aliphatic heterocycles. The van der Waals surface area contributed by atoms with Crippen LogP contribution in [0.15, 0.2) is 143 Å². The molecule has 3 amide bonds. The van der Waals surface area contributed by atoms with E-state index in [1.165, 1.54) is 18.1 Å². The zero-order valence-electron chi connectivity index (χ0n) is 27.8. The van der Waals surface area contributed by atoms with Gasteiger partial charge in [0.25, 0.3) is 11.8 Å². The Balaban J connectivity index is 1.42. The Labute approximate surface area is 294 Å².